The van der Waals surface area contributed by atoms with Crippen molar-refractivity contribution < 1.29 is 28.7 Å². The van der Waals surface area contributed by atoms with Gasteiger partial charge in [0.1, 0.15) is 25.0 Å². The Balaban J connectivity index is 2.10. The fraction of sp³-hybridized carbons (Fsp3) is 0.607. The first kappa shape index (κ1) is 30.8. The van der Waals surface area contributed by atoms with Gasteiger partial charge in [-0.15, -0.1) is 0 Å². The number of aldehydes is 1. The minimum absolute atomic E-state index is 0.0479. The maximum absolute atomic E-state index is 13.4. The molecule has 0 aromatic heterocycles. The van der Waals surface area contributed by atoms with Crippen LogP contribution < -0.4 is 21.3 Å². The van der Waals surface area contributed by atoms with E-state index in [4.69, 9.17) is 4.74 Å². The van der Waals surface area contributed by atoms with Crippen LogP contribution in [0.5, 0.6) is 0 Å². The van der Waals surface area contributed by atoms with Crippen molar-refractivity contribution in [2.75, 3.05) is 6.54 Å². The molecule has 4 atom stereocenters. The molecule has 1 aliphatic rings. The highest BCUT2D eigenvalue weighted by Gasteiger charge is 2.37. The lowest BCUT2D eigenvalue weighted by molar-refractivity contribution is -0.133. The van der Waals surface area contributed by atoms with Gasteiger partial charge in [0.2, 0.25) is 17.7 Å². The fourth-order valence-corrected chi connectivity index (χ4v) is 4.24. The van der Waals surface area contributed by atoms with Crippen molar-refractivity contribution in [3.8, 4) is 0 Å². The summed E-state index contributed by atoms with van der Waals surface area (Å²) in [5.74, 6) is -1.55. The van der Waals surface area contributed by atoms with Crippen LogP contribution in [0.3, 0.4) is 0 Å². The normalized spacial score (nSPS) is 17.9. The van der Waals surface area contributed by atoms with Gasteiger partial charge in [-0.3, -0.25) is 14.4 Å². The SMILES string of the molecule is CC(C)(C)C[C@H](NC(=O)C(NC(=O)OCc1ccccc1)C(C)(C)C)C(=O)N[C@H](C=O)C[C@@H]1CCNC1=O. The number of amides is 4. The molecule has 0 saturated carbocycles. The third-order valence-electron chi connectivity index (χ3n) is 6.25. The van der Waals surface area contributed by atoms with Crippen molar-refractivity contribution in [3.63, 3.8) is 0 Å². The Hall–Kier alpha value is -3.43. The lowest BCUT2D eigenvalue weighted by atomic mass is 9.84. The van der Waals surface area contributed by atoms with Gasteiger partial charge in [0, 0.05) is 12.5 Å². The van der Waals surface area contributed by atoms with Crippen LogP contribution in [0.2, 0.25) is 0 Å². The van der Waals surface area contributed by atoms with Gasteiger partial charge in [0.05, 0.1) is 6.04 Å². The molecule has 4 amide bonds. The van der Waals surface area contributed by atoms with E-state index in [1.807, 2.05) is 51.1 Å². The Kier molecular flexibility index (Phi) is 10.9. The molecule has 0 spiro atoms. The number of nitrogens with one attached hydrogen (secondary N) is 4. The summed E-state index contributed by atoms with van der Waals surface area (Å²) in [5.41, 5.74) is -0.225. The van der Waals surface area contributed by atoms with Gasteiger partial charge in [-0.25, -0.2) is 4.79 Å². The van der Waals surface area contributed by atoms with Crippen LogP contribution in [0.15, 0.2) is 30.3 Å². The second-order valence-electron chi connectivity index (χ2n) is 12.1. The molecular formula is C28H42N4O6. The smallest absolute Gasteiger partial charge is 0.408 e. The van der Waals surface area contributed by atoms with Crippen LogP contribution in [0.25, 0.3) is 0 Å². The van der Waals surface area contributed by atoms with Crippen LogP contribution >= 0.6 is 0 Å². The third kappa shape index (κ3) is 10.1. The summed E-state index contributed by atoms with van der Waals surface area (Å²) in [7, 11) is 0. The Labute approximate surface area is 225 Å². The van der Waals surface area contributed by atoms with Crippen molar-refractivity contribution in [1.82, 2.24) is 21.3 Å². The van der Waals surface area contributed by atoms with Gasteiger partial charge < -0.3 is 30.8 Å². The monoisotopic (exact) mass is 530 g/mol. The zero-order valence-corrected chi connectivity index (χ0v) is 23.3. The number of hydrogen-bond donors (Lipinski definition) is 4. The van der Waals surface area contributed by atoms with Gasteiger partial charge >= 0.3 is 6.09 Å². The number of alkyl carbamates (subject to hydrolysis) is 1. The molecule has 0 bridgehead atoms. The minimum Gasteiger partial charge on any atom is -0.445 e. The Morgan fingerprint density at radius 2 is 1.68 bits per heavy atom. The van der Waals surface area contributed by atoms with E-state index in [1.165, 1.54) is 0 Å². The molecule has 1 fully saturated rings. The first-order valence-electron chi connectivity index (χ1n) is 13.0. The van der Waals surface area contributed by atoms with Crippen LogP contribution in [-0.4, -0.2) is 54.8 Å². The molecule has 1 unspecified atom stereocenters. The lowest BCUT2D eigenvalue weighted by Gasteiger charge is -2.33. The summed E-state index contributed by atoms with van der Waals surface area (Å²) in [4.78, 5) is 62.8. The van der Waals surface area contributed by atoms with Gasteiger partial charge in [-0.2, -0.15) is 0 Å². The maximum Gasteiger partial charge on any atom is 0.408 e. The summed E-state index contributed by atoms with van der Waals surface area (Å²) in [6.45, 7) is 11.8. The standard InChI is InChI=1S/C28H42N4O6/c1-27(2,3)15-21(24(35)30-20(16-33)14-19-12-13-29-23(19)34)31-25(36)22(28(4,5)6)32-26(37)38-17-18-10-8-7-9-11-18/h7-11,16,19-22H,12-15,17H2,1-6H3,(H,29,34)(H,30,35)(H,31,36)(H,32,37)/t19-,20-,21-,22?/m0/s1. The number of benzene rings is 1. The molecule has 2 rings (SSSR count). The van der Waals surface area contributed by atoms with Crippen molar-refractivity contribution in [2.24, 2.45) is 16.7 Å². The summed E-state index contributed by atoms with van der Waals surface area (Å²) in [5, 5.41) is 10.8. The number of rotatable bonds is 11. The Morgan fingerprint density at radius 3 is 2.21 bits per heavy atom. The molecule has 1 aromatic rings. The first-order chi connectivity index (χ1) is 17.7. The molecule has 1 aliphatic heterocycles. The lowest BCUT2D eigenvalue weighted by Crippen LogP contribution is -2.59. The molecule has 0 radical (unpaired) electrons. The molecule has 10 nitrogen and oxygen atoms in total. The molecule has 210 valence electrons. The van der Waals surface area contributed by atoms with Crippen LogP contribution in [0.1, 0.15) is 66.4 Å². The summed E-state index contributed by atoms with van der Waals surface area (Å²) >= 11 is 0. The van der Waals surface area contributed by atoms with E-state index in [0.717, 1.165) is 5.56 Å². The van der Waals surface area contributed by atoms with E-state index in [-0.39, 0.29) is 36.7 Å². The third-order valence-corrected chi connectivity index (χ3v) is 6.25. The number of ether oxygens (including phenoxy) is 1. The van der Waals surface area contributed by atoms with E-state index in [9.17, 15) is 24.0 Å². The molecular weight excluding hydrogens is 488 g/mol. The van der Waals surface area contributed by atoms with Crippen molar-refractivity contribution in [1.29, 1.82) is 0 Å². The summed E-state index contributed by atoms with van der Waals surface area (Å²) < 4.78 is 5.30. The average Bonchev–Trinajstić information content (AvgIpc) is 3.23. The molecule has 38 heavy (non-hydrogen) atoms. The largest absolute Gasteiger partial charge is 0.445 e. The van der Waals surface area contributed by atoms with Gasteiger partial charge in [0.25, 0.3) is 0 Å². The highest BCUT2D eigenvalue weighted by atomic mass is 16.5. The molecule has 0 aliphatic carbocycles. The second-order valence-corrected chi connectivity index (χ2v) is 12.1. The van der Waals surface area contributed by atoms with Crippen LogP contribution in [-0.2, 0) is 30.5 Å². The van der Waals surface area contributed by atoms with E-state index in [2.05, 4.69) is 21.3 Å². The molecule has 10 heteroatoms. The molecule has 4 N–H and O–H groups in total. The highest BCUT2D eigenvalue weighted by molar-refractivity contribution is 5.92. The predicted octanol–water partition coefficient (Wildman–Crippen LogP) is 2.46. The fourth-order valence-electron chi connectivity index (χ4n) is 4.24. The van der Waals surface area contributed by atoms with Gasteiger partial charge in [-0.05, 0) is 35.7 Å². The topological polar surface area (TPSA) is 143 Å². The van der Waals surface area contributed by atoms with Gasteiger partial charge in [0.15, 0.2) is 0 Å². The number of carbonyl (C=O) groups is 5. The van der Waals surface area contributed by atoms with E-state index >= 15 is 0 Å². The van der Waals surface area contributed by atoms with E-state index in [1.54, 1.807) is 20.8 Å². The zero-order valence-electron chi connectivity index (χ0n) is 23.3. The van der Waals surface area contributed by atoms with Gasteiger partial charge in [-0.1, -0.05) is 71.9 Å². The van der Waals surface area contributed by atoms with Crippen LogP contribution in [0.4, 0.5) is 4.79 Å². The highest BCUT2D eigenvalue weighted by Crippen LogP contribution is 2.24. The molecule has 1 saturated heterocycles. The minimum atomic E-state index is -0.995. The quantitative estimate of drug-likeness (QED) is 0.324. The Bertz CT molecular complexity index is 983. The maximum atomic E-state index is 13.4. The zero-order chi connectivity index (χ0) is 28.5. The van der Waals surface area contributed by atoms with Crippen molar-refractivity contribution in [3.05, 3.63) is 35.9 Å². The Morgan fingerprint density at radius 1 is 1.03 bits per heavy atom. The molecule has 1 heterocycles. The van der Waals surface area contributed by atoms with Crippen LogP contribution in [0, 0.1) is 16.7 Å². The van der Waals surface area contributed by atoms with E-state index < -0.39 is 41.4 Å². The second kappa shape index (κ2) is 13.4. The molecule has 1 aromatic carbocycles. The number of carbonyl (C=O) groups excluding carboxylic acids is 5. The summed E-state index contributed by atoms with van der Waals surface area (Å²) in [6, 6.07) is 6.35. The van der Waals surface area contributed by atoms with E-state index in [0.29, 0.717) is 19.3 Å². The average molecular weight is 531 g/mol. The first-order valence-corrected chi connectivity index (χ1v) is 13.0. The predicted molar refractivity (Wildman–Crippen MR) is 143 cm³/mol. The summed E-state index contributed by atoms with van der Waals surface area (Å²) in [6.07, 6.45) is 0.936. The van der Waals surface area contributed by atoms with Crippen molar-refractivity contribution in [2.45, 2.75) is 85.5 Å². The number of hydrogen-bond acceptors (Lipinski definition) is 6. The van der Waals surface area contributed by atoms with Crippen molar-refractivity contribution >= 4 is 30.1 Å².